The number of aromatic nitrogens is 3. The molecule has 2 rings (SSSR count). The molecule has 4 heteroatoms. The van der Waals surface area contributed by atoms with Crippen LogP contribution in [-0.2, 0) is 0 Å². The van der Waals surface area contributed by atoms with Crippen molar-refractivity contribution in [3.8, 4) is 17.9 Å². The lowest BCUT2D eigenvalue weighted by atomic mass is 10.2. The number of hydrogen-bond acceptors (Lipinski definition) is 3. The zero-order chi connectivity index (χ0) is 9.80. The van der Waals surface area contributed by atoms with Gasteiger partial charge in [0.05, 0.1) is 12.5 Å². The molecule has 0 aliphatic heterocycles. The van der Waals surface area contributed by atoms with E-state index in [1.54, 1.807) is 0 Å². The van der Waals surface area contributed by atoms with Crippen LogP contribution in [0.1, 0.15) is 12.0 Å². The van der Waals surface area contributed by atoms with E-state index in [2.05, 4.69) is 27.3 Å². The van der Waals surface area contributed by atoms with E-state index in [0.717, 1.165) is 16.6 Å². The molecule has 1 aromatic carbocycles. The SMILES string of the molecule is N#CCC#Cc1ccc2n[nH]nc2c1. The number of nitriles is 1. The zero-order valence-electron chi connectivity index (χ0n) is 7.28. The molecule has 0 fully saturated rings. The number of nitrogens with zero attached hydrogens (tertiary/aromatic N) is 3. The molecule has 1 heterocycles. The van der Waals surface area contributed by atoms with E-state index in [4.69, 9.17) is 5.26 Å². The predicted molar refractivity (Wildman–Crippen MR) is 51.0 cm³/mol. The molecule has 0 bridgehead atoms. The highest BCUT2D eigenvalue weighted by atomic mass is 15.3. The van der Waals surface area contributed by atoms with Crippen LogP contribution in [0.3, 0.4) is 0 Å². The van der Waals surface area contributed by atoms with E-state index < -0.39 is 0 Å². The summed E-state index contributed by atoms with van der Waals surface area (Å²) in [6.07, 6.45) is 0.247. The molecule has 0 saturated heterocycles. The molecular formula is C10H6N4. The van der Waals surface area contributed by atoms with Gasteiger partial charge in [0, 0.05) is 5.56 Å². The lowest BCUT2D eigenvalue weighted by molar-refractivity contribution is 0.959. The Kier molecular flexibility index (Phi) is 2.12. The van der Waals surface area contributed by atoms with Crippen LogP contribution in [0, 0.1) is 23.2 Å². The lowest BCUT2D eigenvalue weighted by Crippen LogP contribution is -1.75. The third kappa shape index (κ3) is 1.55. The first-order valence-electron chi connectivity index (χ1n) is 4.06. The Bertz CT molecular complexity index is 550. The first kappa shape index (κ1) is 8.28. The summed E-state index contributed by atoms with van der Waals surface area (Å²) >= 11 is 0. The van der Waals surface area contributed by atoms with Crippen molar-refractivity contribution in [2.24, 2.45) is 0 Å². The van der Waals surface area contributed by atoms with Crippen molar-refractivity contribution < 1.29 is 0 Å². The third-order valence-electron chi connectivity index (χ3n) is 1.72. The average Bonchev–Trinajstić information content (AvgIpc) is 2.65. The van der Waals surface area contributed by atoms with Gasteiger partial charge in [-0.1, -0.05) is 11.8 Å². The largest absolute Gasteiger partial charge is 0.197 e. The lowest BCUT2D eigenvalue weighted by Gasteiger charge is -1.87. The molecule has 0 aliphatic carbocycles. The second kappa shape index (κ2) is 3.59. The maximum Gasteiger partial charge on any atom is 0.114 e. The molecule has 0 atom stereocenters. The van der Waals surface area contributed by atoms with Crippen LogP contribution in [0.2, 0.25) is 0 Å². The summed E-state index contributed by atoms with van der Waals surface area (Å²) < 4.78 is 0. The number of H-pyrrole nitrogens is 1. The minimum atomic E-state index is 0.247. The van der Waals surface area contributed by atoms with Crippen molar-refractivity contribution >= 4 is 11.0 Å². The molecule has 66 valence electrons. The molecule has 1 aromatic heterocycles. The van der Waals surface area contributed by atoms with Crippen molar-refractivity contribution in [3.63, 3.8) is 0 Å². The van der Waals surface area contributed by atoms with Crippen molar-refractivity contribution in [2.75, 3.05) is 0 Å². The summed E-state index contributed by atoms with van der Waals surface area (Å²) in [6, 6.07) is 7.50. The van der Waals surface area contributed by atoms with E-state index in [0.29, 0.717) is 0 Å². The van der Waals surface area contributed by atoms with Crippen LogP contribution < -0.4 is 0 Å². The molecule has 0 aliphatic rings. The Hall–Kier alpha value is -2.33. The van der Waals surface area contributed by atoms with Crippen LogP contribution in [0.5, 0.6) is 0 Å². The van der Waals surface area contributed by atoms with Gasteiger partial charge < -0.3 is 0 Å². The summed E-state index contributed by atoms with van der Waals surface area (Å²) in [6.45, 7) is 0. The molecule has 0 saturated carbocycles. The van der Waals surface area contributed by atoms with Crippen molar-refractivity contribution in [1.82, 2.24) is 15.4 Å². The van der Waals surface area contributed by atoms with Gasteiger partial charge in [-0.2, -0.15) is 20.7 Å². The molecule has 0 unspecified atom stereocenters. The van der Waals surface area contributed by atoms with Crippen LogP contribution >= 0.6 is 0 Å². The monoisotopic (exact) mass is 182 g/mol. The second-order valence-electron chi connectivity index (χ2n) is 2.66. The Balaban J connectivity index is 2.37. The highest BCUT2D eigenvalue weighted by molar-refractivity contribution is 5.75. The molecule has 1 N–H and O–H groups in total. The molecule has 0 spiro atoms. The minimum absolute atomic E-state index is 0.247. The Morgan fingerprint density at radius 1 is 1.29 bits per heavy atom. The molecule has 0 radical (unpaired) electrons. The van der Waals surface area contributed by atoms with Crippen molar-refractivity contribution in [2.45, 2.75) is 6.42 Å². The summed E-state index contributed by atoms with van der Waals surface area (Å²) in [4.78, 5) is 0. The average molecular weight is 182 g/mol. The van der Waals surface area contributed by atoms with Gasteiger partial charge in [0.2, 0.25) is 0 Å². The standard InChI is InChI=1S/C10H6N4/c11-6-2-1-3-8-4-5-9-10(7-8)13-14-12-9/h4-5,7H,2H2,(H,12,13,14). The maximum absolute atomic E-state index is 8.30. The first-order chi connectivity index (χ1) is 6.90. The highest BCUT2D eigenvalue weighted by Crippen LogP contribution is 2.09. The van der Waals surface area contributed by atoms with E-state index >= 15 is 0 Å². The molecule has 0 amide bonds. The number of hydrogen-bond donors (Lipinski definition) is 1. The van der Waals surface area contributed by atoms with E-state index in [1.807, 2.05) is 24.3 Å². The third-order valence-corrected chi connectivity index (χ3v) is 1.72. The van der Waals surface area contributed by atoms with Gasteiger partial charge in [-0.25, -0.2) is 0 Å². The molecule has 14 heavy (non-hydrogen) atoms. The van der Waals surface area contributed by atoms with Crippen molar-refractivity contribution in [3.05, 3.63) is 23.8 Å². The van der Waals surface area contributed by atoms with Gasteiger partial charge in [0.1, 0.15) is 11.0 Å². The van der Waals surface area contributed by atoms with Gasteiger partial charge in [-0.05, 0) is 18.2 Å². The topological polar surface area (TPSA) is 65.4 Å². The molecule has 2 aromatic rings. The summed E-state index contributed by atoms with van der Waals surface area (Å²) in [5.74, 6) is 5.61. The van der Waals surface area contributed by atoms with Crippen LogP contribution in [0.25, 0.3) is 11.0 Å². The number of rotatable bonds is 0. The summed E-state index contributed by atoms with van der Waals surface area (Å²) in [7, 11) is 0. The number of nitrogens with one attached hydrogen (secondary N) is 1. The highest BCUT2D eigenvalue weighted by Gasteiger charge is 1.96. The normalized spacial score (nSPS) is 9.07. The quantitative estimate of drug-likeness (QED) is 0.623. The first-order valence-corrected chi connectivity index (χ1v) is 4.06. The van der Waals surface area contributed by atoms with E-state index in [9.17, 15) is 0 Å². The maximum atomic E-state index is 8.30. The fourth-order valence-corrected chi connectivity index (χ4v) is 1.10. The number of benzene rings is 1. The van der Waals surface area contributed by atoms with Crippen molar-refractivity contribution in [1.29, 1.82) is 5.26 Å². The number of aromatic amines is 1. The Morgan fingerprint density at radius 3 is 3.00 bits per heavy atom. The Morgan fingerprint density at radius 2 is 2.14 bits per heavy atom. The zero-order valence-corrected chi connectivity index (χ0v) is 7.28. The van der Waals surface area contributed by atoms with Gasteiger partial charge in [0.15, 0.2) is 0 Å². The van der Waals surface area contributed by atoms with Gasteiger partial charge in [0.25, 0.3) is 0 Å². The number of fused-ring (bicyclic) bond motifs is 1. The van der Waals surface area contributed by atoms with Gasteiger partial charge >= 0.3 is 0 Å². The minimum Gasteiger partial charge on any atom is -0.197 e. The molecular weight excluding hydrogens is 176 g/mol. The van der Waals surface area contributed by atoms with Crippen LogP contribution in [0.15, 0.2) is 18.2 Å². The van der Waals surface area contributed by atoms with Crippen LogP contribution in [0.4, 0.5) is 0 Å². The predicted octanol–water partition coefficient (Wildman–Crippen LogP) is 1.22. The van der Waals surface area contributed by atoms with E-state index in [1.165, 1.54) is 0 Å². The van der Waals surface area contributed by atoms with E-state index in [-0.39, 0.29) is 6.42 Å². The fourth-order valence-electron chi connectivity index (χ4n) is 1.10. The smallest absolute Gasteiger partial charge is 0.114 e. The van der Waals surface area contributed by atoms with Gasteiger partial charge in [-0.15, -0.1) is 0 Å². The summed E-state index contributed by atoms with van der Waals surface area (Å²) in [5, 5.41) is 18.7. The van der Waals surface area contributed by atoms with Crippen LogP contribution in [-0.4, -0.2) is 15.4 Å². The van der Waals surface area contributed by atoms with Gasteiger partial charge in [-0.3, -0.25) is 0 Å². The Labute approximate surface area is 80.6 Å². The summed E-state index contributed by atoms with van der Waals surface area (Å²) in [5.41, 5.74) is 2.45. The molecule has 4 nitrogen and oxygen atoms in total. The fraction of sp³-hybridized carbons (Fsp3) is 0.100. The second-order valence-corrected chi connectivity index (χ2v) is 2.66.